The van der Waals surface area contributed by atoms with Crippen molar-refractivity contribution in [3.63, 3.8) is 0 Å². The summed E-state index contributed by atoms with van der Waals surface area (Å²) < 4.78 is 2.03. The Kier molecular flexibility index (Phi) is 5.60. The maximum Gasteiger partial charge on any atom is 0.266 e. The number of nitrogens with one attached hydrogen (secondary N) is 1. The third kappa shape index (κ3) is 4.22. The molecular formula is C26H18N4O. The predicted molar refractivity (Wildman–Crippen MR) is 121 cm³/mol. The topological polar surface area (TPSA) is 81.6 Å². The zero-order valence-corrected chi connectivity index (χ0v) is 16.6. The van der Waals surface area contributed by atoms with Gasteiger partial charge in [0.15, 0.2) is 0 Å². The smallest absolute Gasteiger partial charge is 0.266 e. The fraction of sp³-hybridized carbons (Fsp3) is 0.0385. The second kappa shape index (κ2) is 8.82. The quantitative estimate of drug-likeness (QED) is 0.372. The summed E-state index contributed by atoms with van der Waals surface area (Å²) >= 11 is 0. The number of aromatic nitrogens is 1. The molecule has 0 aliphatic heterocycles. The molecule has 0 atom stereocenters. The summed E-state index contributed by atoms with van der Waals surface area (Å²) in [7, 11) is 0. The van der Waals surface area contributed by atoms with Crippen molar-refractivity contribution in [3.8, 4) is 12.1 Å². The lowest BCUT2D eigenvalue weighted by Crippen LogP contribution is -2.13. The first-order valence-corrected chi connectivity index (χ1v) is 9.73. The molecule has 1 aromatic heterocycles. The van der Waals surface area contributed by atoms with E-state index in [0.717, 1.165) is 22.0 Å². The van der Waals surface area contributed by atoms with Crippen LogP contribution in [0.4, 0.5) is 5.69 Å². The number of nitrogens with zero attached hydrogens (tertiary/aromatic N) is 3. The van der Waals surface area contributed by atoms with E-state index in [9.17, 15) is 15.3 Å². The van der Waals surface area contributed by atoms with E-state index in [4.69, 9.17) is 0 Å². The third-order valence-electron chi connectivity index (χ3n) is 4.99. The van der Waals surface area contributed by atoms with Crippen LogP contribution >= 0.6 is 0 Å². The van der Waals surface area contributed by atoms with Crippen molar-refractivity contribution in [2.24, 2.45) is 0 Å². The minimum absolute atomic E-state index is 0.0178. The molecule has 1 amide bonds. The van der Waals surface area contributed by atoms with Gasteiger partial charge in [-0.25, -0.2) is 0 Å². The van der Waals surface area contributed by atoms with Gasteiger partial charge < -0.3 is 9.88 Å². The van der Waals surface area contributed by atoms with Crippen LogP contribution in [0.1, 0.15) is 16.7 Å². The molecule has 1 N–H and O–H groups in total. The molecule has 4 aromatic rings. The van der Waals surface area contributed by atoms with Gasteiger partial charge >= 0.3 is 0 Å². The summed E-state index contributed by atoms with van der Waals surface area (Å²) in [5, 5.41) is 22.7. The van der Waals surface area contributed by atoms with E-state index in [1.807, 2.05) is 77.5 Å². The van der Waals surface area contributed by atoms with Crippen molar-refractivity contribution in [2.75, 3.05) is 5.32 Å². The van der Waals surface area contributed by atoms with E-state index in [2.05, 4.69) is 11.4 Å². The first kappa shape index (κ1) is 19.7. The second-order valence-electron chi connectivity index (χ2n) is 6.99. The number of benzene rings is 3. The average Bonchev–Trinajstić information content (AvgIpc) is 3.15. The van der Waals surface area contributed by atoms with Crippen LogP contribution in [0.15, 0.2) is 90.6 Å². The van der Waals surface area contributed by atoms with Crippen LogP contribution in [-0.2, 0) is 11.3 Å². The Hall–Kier alpha value is -4.61. The summed E-state index contributed by atoms with van der Waals surface area (Å²) in [4.78, 5) is 12.6. The first-order chi connectivity index (χ1) is 15.2. The molecule has 0 saturated heterocycles. The first-order valence-electron chi connectivity index (χ1n) is 9.73. The standard InChI is InChI=1S/C26H18N4O/c27-15-19-8-4-5-9-20(19)17-30-18-22(24-12-6-7-13-25(24)30)14-21(16-28)26(31)29-23-10-2-1-3-11-23/h1-14,18H,17H2,(H,29,31). The van der Waals surface area contributed by atoms with Gasteiger partial charge in [-0.1, -0.05) is 54.6 Å². The van der Waals surface area contributed by atoms with Crippen LogP contribution in [0.25, 0.3) is 17.0 Å². The minimum Gasteiger partial charge on any atom is -0.342 e. The molecule has 4 rings (SSSR count). The average molecular weight is 402 g/mol. The number of anilines is 1. The molecule has 3 aromatic carbocycles. The molecule has 0 bridgehead atoms. The van der Waals surface area contributed by atoms with E-state index in [1.54, 1.807) is 24.3 Å². The van der Waals surface area contributed by atoms with Crippen molar-refractivity contribution < 1.29 is 4.79 Å². The molecule has 148 valence electrons. The van der Waals surface area contributed by atoms with E-state index < -0.39 is 5.91 Å². The molecule has 0 aliphatic rings. The van der Waals surface area contributed by atoms with Gasteiger partial charge in [0.2, 0.25) is 0 Å². The molecule has 5 nitrogen and oxygen atoms in total. The zero-order chi connectivity index (χ0) is 21.6. The van der Waals surface area contributed by atoms with Gasteiger partial charge in [-0.05, 0) is 35.9 Å². The molecule has 5 heteroatoms. The van der Waals surface area contributed by atoms with E-state index in [1.165, 1.54) is 0 Å². The van der Waals surface area contributed by atoms with Crippen LogP contribution in [0.3, 0.4) is 0 Å². The zero-order valence-electron chi connectivity index (χ0n) is 16.6. The van der Waals surface area contributed by atoms with Gasteiger partial charge in [-0.2, -0.15) is 10.5 Å². The van der Waals surface area contributed by atoms with Crippen LogP contribution in [0, 0.1) is 22.7 Å². The van der Waals surface area contributed by atoms with Crippen molar-refractivity contribution in [1.29, 1.82) is 10.5 Å². The van der Waals surface area contributed by atoms with Gasteiger partial charge in [0.25, 0.3) is 5.91 Å². The molecule has 0 fully saturated rings. The molecule has 0 unspecified atom stereocenters. The van der Waals surface area contributed by atoms with Crippen molar-refractivity contribution >= 4 is 28.6 Å². The van der Waals surface area contributed by atoms with Gasteiger partial charge in [-0.3, -0.25) is 4.79 Å². The number of fused-ring (bicyclic) bond motifs is 1. The number of para-hydroxylation sites is 2. The fourth-order valence-electron chi connectivity index (χ4n) is 3.50. The number of nitriles is 2. The highest BCUT2D eigenvalue weighted by atomic mass is 16.1. The molecular weight excluding hydrogens is 384 g/mol. The van der Waals surface area contributed by atoms with Crippen LogP contribution in [0.2, 0.25) is 0 Å². The molecule has 0 spiro atoms. The monoisotopic (exact) mass is 402 g/mol. The number of hydrogen-bond donors (Lipinski definition) is 1. The summed E-state index contributed by atoms with van der Waals surface area (Å²) in [6.07, 6.45) is 3.51. The fourth-order valence-corrected chi connectivity index (χ4v) is 3.50. The Bertz CT molecular complexity index is 1370. The number of carbonyl (C=O) groups is 1. The third-order valence-corrected chi connectivity index (χ3v) is 4.99. The number of rotatable bonds is 5. The van der Waals surface area contributed by atoms with Crippen LogP contribution < -0.4 is 5.32 Å². The largest absolute Gasteiger partial charge is 0.342 e. The van der Waals surface area contributed by atoms with Gasteiger partial charge in [0, 0.05) is 34.9 Å². The van der Waals surface area contributed by atoms with Crippen molar-refractivity contribution in [3.05, 3.63) is 107 Å². The van der Waals surface area contributed by atoms with E-state index in [-0.39, 0.29) is 5.57 Å². The molecule has 1 heterocycles. The number of hydrogen-bond acceptors (Lipinski definition) is 3. The Morgan fingerprint density at radius 1 is 0.935 bits per heavy atom. The van der Waals surface area contributed by atoms with Crippen molar-refractivity contribution in [1.82, 2.24) is 4.57 Å². The number of amides is 1. The normalized spacial score (nSPS) is 11.0. The molecule has 0 saturated carbocycles. The highest BCUT2D eigenvalue weighted by molar-refractivity contribution is 6.10. The van der Waals surface area contributed by atoms with Crippen molar-refractivity contribution in [2.45, 2.75) is 6.54 Å². The van der Waals surface area contributed by atoms with Gasteiger partial charge in [0.05, 0.1) is 11.6 Å². The Morgan fingerprint density at radius 3 is 2.42 bits per heavy atom. The lowest BCUT2D eigenvalue weighted by Gasteiger charge is -2.07. The second-order valence-corrected chi connectivity index (χ2v) is 6.99. The Morgan fingerprint density at radius 2 is 1.65 bits per heavy atom. The van der Waals surface area contributed by atoms with Gasteiger partial charge in [0.1, 0.15) is 11.6 Å². The molecule has 0 aliphatic carbocycles. The SMILES string of the molecule is N#CC(=Cc1cn(Cc2ccccc2C#N)c2ccccc12)C(=O)Nc1ccccc1. The Labute approximate surface area is 180 Å². The summed E-state index contributed by atoms with van der Waals surface area (Å²) in [5.74, 6) is -0.458. The lowest BCUT2D eigenvalue weighted by atomic mass is 10.1. The molecule has 0 radical (unpaired) electrons. The highest BCUT2D eigenvalue weighted by Crippen LogP contribution is 2.25. The molecule has 31 heavy (non-hydrogen) atoms. The lowest BCUT2D eigenvalue weighted by molar-refractivity contribution is -0.112. The predicted octanol–water partition coefficient (Wildman–Crippen LogP) is 5.11. The van der Waals surface area contributed by atoms with Crippen LogP contribution in [0.5, 0.6) is 0 Å². The highest BCUT2D eigenvalue weighted by Gasteiger charge is 2.13. The summed E-state index contributed by atoms with van der Waals surface area (Å²) in [5.41, 5.74) is 3.90. The van der Waals surface area contributed by atoms with Gasteiger partial charge in [-0.15, -0.1) is 0 Å². The summed E-state index contributed by atoms with van der Waals surface area (Å²) in [6.45, 7) is 0.510. The summed E-state index contributed by atoms with van der Waals surface area (Å²) in [6, 6.07) is 28.5. The maximum absolute atomic E-state index is 12.6. The van der Waals surface area contributed by atoms with E-state index in [0.29, 0.717) is 17.8 Å². The maximum atomic E-state index is 12.6. The minimum atomic E-state index is -0.458. The van der Waals surface area contributed by atoms with Crippen LogP contribution in [-0.4, -0.2) is 10.5 Å². The van der Waals surface area contributed by atoms with E-state index >= 15 is 0 Å². The number of carbonyl (C=O) groups excluding carboxylic acids is 1. The Balaban J connectivity index is 1.71.